The second-order valence-electron chi connectivity index (χ2n) is 5.43. The highest BCUT2D eigenvalue weighted by Crippen LogP contribution is 2.40. The molecule has 1 aliphatic rings. The molecule has 2 rings (SSSR count). The molecule has 0 aliphatic carbocycles. The van der Waals surface area contributed by atoms with Crippen molar-refractivity contribution in [2.24, 2.45) is 0 Å². The summed E-state index contributed by atoms with van der Waals surface area (Å²) in [5.74, 6) is 0. The molecule has 16 heavy (non-hydrogen) atoms. The minimum atomic E-state index is -0.0220. The molecule has 1 aromatic rings. The lowest BCUT2D eigenvalue weighted by Crippen LogP contribution is -2.63. The van der Waals surface area contributed by atoms with Crippen LogP contribution >= 0.6 is 0 Å². The standard InChI is InChI=1S/C14H21NO/c1-13(2)10-14(11-15,8-9-16-13)12-6-4-3-5-7-12/h3-7H,8-11,15H2,1-2H3/p+1/t14-/m0/s1. The van der Waals surface area contributed by atoms with Gasteiger partial charge in [0, 0.05) is 12.0 Å². The Hall–Kier alpha value is -0.860. The monoisotopic (exact) mass is 220 g/mol. The summed E-state index contributed by atoms with van der Waals surface area (Å²) in [4.78, 5) is 0. The third-order valence-corrected chi connectivity index (χ3v) is 3.70. The van der Waals surface area contributed by atoms with Crippen LogP contribution in [0.4, 0.5) is 0 Å². The summed E-state index contributed by atoms with van der Waals surface area (Å²) in [6, 6.07) is 10.8. The van der Waals surface area contributed by atoms with E-state index >= 15 is 0 Å². The Kier molecular flexibility index (Phi) is 3.04. The first-order chi connectivity index (χ1) is 7.58. The molecule has 88 valence electrons. The molecule has 2 heteroatoms. The molecular formula is C14H22NO+. The van der Waals surface area contributed by atoms with Crippen LogP contribution in [-0.4, -0.2) is 18.8 Å². The summed E-state index contributed by atoms with van der Waals surface area (Å²) in [6.07, 6.45) is 2.15. The van der Waals surface area contributed by atoms with E-state index in [1.165, 1.54) is 5.56 Å². The van der Waals surface area contributed by atoms with Crippen LogP contribution < -0.4 is 5.73 Å². The molecule has 1 aliphatic heterocycles. The fourth-order valence-corrected chi connectivity index (χ4v) is 2.87. The van der Waals surface area contributed by atoms with Gasteiger partial charge in [0.1, 0.15) is 0 Å². The first-order valence-electron chi connectivity index (χ1n) is 6.07. The van der Waals surface area contributed by atoms with E-state index in [9.17, 15) is 0 Å². The van der Waals surface area contributed by atoms with Crippen molar-refractivity contribution >= 4 is 0 Å². The molecule has 0 saturated carbocycles. The van der Waals surface area contributed by atoms with Gasteiger partial charge in [0.2, 0.25) is 0 Å². The molecule has 1 fully saturated rings. The van der Waals surface area contributed by atoms with E-state index in [1.54, 1.807) is 0 Å². The third kappa shape index (κ3) is 2.13. The van der Waals surface area contributed by atoms with Crippen molar-refractivity contribution in [3.63, 3.8) is 0 Å². The minimum Gasteiger partial charge on any atom is -0.376 e. The second-order valence-corrected chi connectivity index (χ2v) is 5.43. The quantitative estimate of drug-likeness (QED) is 0.810. The van der Waals surface area contributed by atoms with Crippen molar-refractivity contribution < 1.29 is 10.5 Å². The van der Waals surface area contributed by atoms with E-state index in [-0.39, 0.29) is 11.0 Å². The van der Waals surface area contributed by atoms with Crippen LogP contribution in [0.5, 0.6) is 0 Å². The number of quaternary nitrogens is 1. The van der Waals surface area contributed by atoms with Crippen LogP contribution in [0.3, 0.4) is 0 Å². The van der Waals surface area contributed by atoms with E-state index < -0.39 is 0 Å². The first-order valence-corrected chi connectivity index (χ1v) is 6.07. The summed E-state index contributed by atoms with van der Waals surface area (Å²) in [5, 5.41) is 0. The highest BCUT2D eigenvalue weighted by Gasteiger charge is 2.42. The molecule has 0 radical (unpaired) electrons. The third-order valence-electron chi connectivity index (χ3n) is 3.70. The summed E-state index contributed by atoms with van der Waals surface area (Å²) < 4.78 is 5.82. The van der Waals surface area contributed by atoms with Crippen molar-refractivity contribution in [3.8, 4) is 0 Å². The lowest BCUT2D eigenvalue weighted by atomic mass is 9.69. The second kappa shape index (κ2) is 4.19. The lowest BCUT2D eigenvalue weighted by Gasteiger charge is -2.43. The molecule has 1 heterocycles. The van der Waals surface area contributed by atoms with Crippen LogP contribution in [0, 0.1) is 0 Å². The van der Waals surface area contributed by atoms with Crippen molar-refractivity contribution in [2.75, 3.05) is 13.2 Å². The molecule has 0 bridgehead atoms. The zero-order chi connectivity index (χ0) is 11.6. The van der Waals surface area contributed by atoms with Crippen LogP contribution in [0.2, 0.25) is 0 Å². The number of hydrogen-bond acceptors (Lipinski definition) is 1. The SMILES string of the molecule is CC1(C)C[C@@](C[NH3+])(c2ccccc2)CCO1. The fraction of sp³-hybridized carbons (Fsp3) is 0.571. The Bertz CT molecular complexity index is 347. The number of ether oxygens (including phenoxy) is 1. The van der Waals surface area contributed by atoms with E-state index in [4.69, 9.17) is 4.74 Å². The van der Waals surface area contributed by atoms with Crippen LogP contribution in [0.25, 0.3) is 0 Å². The molecule has 3 N–H and O–H groups in total. The Labute approximate surface area is 97.8 Å². The molecular weight excluding hydrogens is 198 g/mol. The van der Waals surface area contributed by atoms with Gasteiger partial charge in [-0.3, -0.25) is 0 Å². The van der Waals surface area contributed by atoms with Gasteiger partial charge in [-0.25, -0.2) is 0 Å². The molecule has 0 unspecified atom stereocenters. The predicted molar refractivity (Wildman–Crippen MR) is 65.1 cm³/mol. The van der Waals surface area contributed by atoms with E-state index in [0.29, 0.717) is 0 Å². The summed E-state index contributed by atoms with van der Waals surface area (Å²) >= 11 is 0. The molecule has 0 aromatic heterocycles. The largest absolute Gasteiger partial charge is 0.376 e. The number of rotatable bonds is 2. The maximum atomic E-state index is 5.82. The predicted octanol–water partition coefficient (Wildman–Crippen LogP) is 1.76. The van der Waals surface area contributed by atoms with E-state index in [2.05, 4.69) is 49.9 Å². The van der Waals surface area contributed by atoms with Gasteiger partial charge in [0.25, 0.3) is 0 Å². The number of hydrogen-bond donors (Lipinski definition) is 1. The maximum absolute atomic E-state index is 5.82. The van der Waals surface area contributed by atoms with Gasteiger partial charge in [0.15, 0.2) is 0 Å². The fourth-order valence-electron chi connectivity index (χ4n) is 2.87. The highest BCUT2D eigenvalue weighted by atomic mass is 16.5. The molecule has 2 nitrogen and oxygen atoms in total. The molecule has 1 atom stereocenters. The zero-order valence-electron chi connectivity index (χ0n) is 10.3. The van der Waals surface area contributed by atoms with Gasteiger partial charge >= 0.3 is 0 Å². The molecule has 0 amide bonds. The molecule has 1 aromatic carbocycles. The highest BCUT2D eigenvalue weighted by molar-refractivity contribution is 5.26. The topological polar surface area (TPSA) is 36.9 Å². The lowest BCUT2D eigenvalue weighted by molar-refractivity contribution is -0.389. The zero-order valence-corrected chi connectivity index (χ0v) is 10.3. The number of benzene rings is 1. The van der Waals surface area contributed by atoms with Gasteiger partial charge in [-0.15, -0.1) is 0 Å². The van der Waals surface area contributed by atoms with Gasteiger partial charge < -0.3 is 10.5 Å². The average molecular weight is 220 g/mol. The Morgan fingerprint density at radius 1 is 1.25 bits per heavy atom. The van der Waals surface area contributed by atoms with Crippen molar-refractivity contribution in [3.05, 3.63) is 35.9 Å². The Balaban J connectivity index is 2.33. The smallest absolute Gasteiger partial charge is 0.0839 e. The van der Waals surface area contributed by atoms with Crippen LogP contribution in [0.1, 0.15) is 32.3 Å². The maximum Gasteiger partial charge on any atom is 0.0839 e. The van der Waals surface area contributed by atoms with Crippen molar-refractivity contribution in [1.29, 1.82) is 0 Å². The Morgan fingerprint density at radius 3 is 2.50 bits per heavy atom. The van der Waals surface area contributed by atoms with Gasteiger partial charge in [-0.1, -0.05) is 30.3 Å². The summed E-state index contributed by atoms with van der Waals surface area (Å²) in [5.41, 5.74) is 5.78. The average Bonchev–Trinajstić information content (AvgIpc) is 2.29. The molecule has 0 spiro atoms. The van der Waals surface area contributed by atoms with Gasteiger partial charge in [-0.05, 0) is 32.3 Å². The van der Waals surface area contributed by atoms with E-state index in [0.717, 1.165) is 26.0 Å². The summed E-state index contributed by atoms with van der Waals surface area (Å²) in [7, 11) is 0. The van der Waals surface area contributed by atoms with Gasteiger partial charge in [-0.2, -0.15) is 0 Å². The summed E-state index contributed by atoms with van der Waals surface area (Å²) in [6.45, 7) is 6.15. The van der Waals surface area contributed by atoms with Crippen molar-refractivity contribution in [2.45, 2.75) is 37.7 Å². The Morgan fingerprint density at radius 2 is 1.94 bits per heavy atom. The van der Waals surface area contributed by atoms with E-state index in [1.807, 2.05) is 0 Å². The first kappa shape index (κ1) is 11.6. The normalized spacial score (nSPS) is 28.9. The van der Waals surface area contributed by atoms with Crippen LogP contribution in [0.15, 0.2) is 30.3 Å². The van der Waals surface area contributed by atoms with Gasteiger partial charge in [0.05, 0.1) is 12.1 Å². The van der Waals surface area contributed by atoms with Crippen molar-refractivity contribution in [1.82, 2.24) is 0 Å². The molecule has 1 saturated heterocycles. The minimum absolute atomic E-state index is 0.0220. The van der Waals surface area contributed by atoms with Crippen LogP contribution in [-0.2, 0) is 10.2 Å².